The molecule has 21 heavy (non-hydrogen) atoms. The Balaban J connectivity index is 1.96. The number of benzene rings is 1. The fraction of sp³-hybridized carbons (Fsp3) is 0.429. The molecular formula is C14H15Br2NO4. The zero-order valence-corrected chi connectivity index (χ0v) is 14.4. The summed E-state index contributed by atoms with van der Waals surface area (Å²) in [4.78, 5) is 29.4. The van der Waals surface area contributed by atoms with Gasteiger partial charge in [-0.3, -0.25) is 4.79 Å². The van der Waals surface area contributed by atoms with Gasteiger partial charge >= 0.3 is 11.9 Å². The topological polar surface area (TPSA) is 55.8 Å². The van der Waals surface area contributed by atoms with Crippen LogP contribution in [-0.4, -0.2) is 39.9 Å². The summed E-state index contributed by atoms with van der Waals surface area (Å²) < 4.78 is 5.20. The average Bonchev–Trinajstić information content (AvgIpc) is 2.96. The first-order chi connectivity index (χ1) is 10.1. The smallest absolute Gasteiger partial charge is 0.357 e. The molecule has 2 atom stereocenters. The fourth-order valence-corrected chi connectivity index (χ4v) is 2.37. The first-order valence-electron chi connectivity index (χ1n) is 6.56. The lowest BCUT2D eigenvalue weighted by atomic mass is 10.2. The Morgan fingerprint density at radius 1 is 1.33 bits per heavy atom. The van der Waals surface area contributed by atoms with Gasteiger partial charge in [-0.2, -0.15) is 0 Å². The molecule has 5 nitrogen and oxygen atoms in total. The molecule has 2 rings (SSSR count). The maximum Gasteiger partial charge on any atom is 0.357 e. The number of carbonyl (C=O) groups is 2. The molecule has 0 aliphatic carbocycles. The summed E-state index contributed by atoms with van der Waals surface area (Å²) in [5.41, 5.74) is 0.454. The molecule has 1 aromatic carbocycles. The summed E-state index contributed by atoms with van der Waals surface area (Å²) in [5, 5.41) is 1.51. The maximum absolute atomic E-state index is 12.0. The van der Waals surface area contributed by atoms with Crippen LogP contribution in [0, 0.1) is 0 Å². The van der Waals surface area contributed by atoms with Crippen molar-refractivity contribution in [1.82, 2.24) is 5.06 Å². The van der Waals surface area contributed by atoms with E-state index in [1.54, 1.807) is 24.3 Å². The average molecular weight is 421 g/mol. The number of carbonyl (C=O) groups excluding carboxylic acids is 2. The summed E-state index contributed by atoms with van der Waals surface area (Å²) in [5.74, 6) is -0.860. The van der Waals surface area contributed by atoms with Crippen LogP contribution in [0.25, 0.3) is 0 Å². The van der Waals surface area contributed by atoms with E-state index in [0.29, 0.717) is 23.9 Å². The summed E-state index contributed by atoms with van der Waals surface area (Å²) >= 11 is 6.43. The zero-order chi connectivity index (χ0) is 15.2. The predicted molar refractivity (Wildman–Crippen MR) is 84.2 cm³/mol. The minimum absolute atomic E-state index is 0.391. The molecule has 7 heteroatoms. The van der Waals surface area contributed by atoms with Crippen LogP contribution in [0.2, 0.25) is 0 Å². The Kier molecular flexibility index (Phi) is 6.20. The second kappa shape index (κ2) is 7.91. The minimum atomic E-state index is -0.545. The molecule has 0 bridgehead atoms. The van der Waals surface area contributed by atoms with Crippen molar-refractivity contribution in [3.8, 4) is 0 Å². The number of rotatable bonds is 5. The highest BCUT2D eigenvalue weighted by molar-refractivity contribution is 9.12. The summed E-state index contributed by atoms with van der Waals surface area (Å²) in [6.07, 6.45) is 1.39. The molecule has 1 aromatic rings. The van der Waals surface area contributed by atoms with Crippen LogP contribution >= 0.6 is 31.9 Å². The lowest BCUT2D eigenvalue weighted by molar-refractivity contribution is -0.169. The van der Waals surface area contributed by atoms with Gasteiger partial charge in [-0.05, 0) is 40.9 Å². The lowest BCUT2D eigenvalue weighted by Crippen LogP contribution is -2.39. The third kappa shape index (κ3) is 4.52. The van der Waals surface area contributed by atoms with Crippen molar-refractivity contribution in [2.24, 2.45) is 0 Å². The second-order valence-corrected chi connectivity index (χ2v) is 6.21. The van der Waals surface area contributed by atoms with E-state index in [1.807, 2.05) is 6.07 Å². The van der Waals surface area contributed by atoms with Crippen LogP contribution in [0.5, 0.6) is 0 Å². The number of hydrogen-bond donors (Lipinski definition) is 0. The molecule has 0 spiro atoms. The Morgan fingerprint density at radius 2 is 2.05 bits per heavy atom. The molecule has 0 N–H and O–H groups in total. The fourth-order valence-electron chi connectivity index (χ4n) is 2.05. The molecule has 1 aliphatic heterocycles. The Labute approximate surface area is 139 Å². The minimum Gasteiger partial charge on any atom is -0.449 e. The maximum atomic E-state index is 12.0. The van der Waals surface area contributed by atoms with Gasteiger partial charge in [0, 0.05) is 6.54 Å². The number of hydroxylamine groups is 2. The number of nitrogens with zero attached hydrogens (tertiary/aromatic N) is 1. The summed E-state index contributed by atoms with van der Waals surface area (Å²) in [6, 6.07) is 8.14. The Morgan fingerprint density at radius 3 is 2.71 bits per heavy atom. The van der Waals surface area contributed by atoms with E-state index in [4.69, 9.17) is 9.57 Å². The Hall–Kier alpha value is -0.920. The van der Waals surface area contributed by atoms with E-state index in [-0.39, 0.29) is 0 Å². The molecule has 1 saturated heterocycles. The number of halogens is 2. The van der Waals surface area contributed by atoms with Crippen molar-refractivity contribution in [3.05, 3.63) is 35.9 Å². The highest BCUT2D eigenvalue weighted by Gasteiger charge is 2.36. The van der Waals surface area contributed by atoms with E-state index in [0.717, 1.165) is 6.42 Å². The molecule has 0 saturated carbocycles. The largest absolute Gasteiger partial charge is 0.449 e. The van der Waals surface area contributed by atoms with Crippen LogP contribution in [0.4, 0.5) is 0 Å². The first-order valence-corrected chi connectivity index (χ1v) is 8.60. The quantitative estimate of drug-likeness (QED) is 0.541. The van der Waals surface area contributed by atoms with E-state index in [2.05, 4.69) is 31.9 Å². The number of hydrogen-bond acceptors (Lipinski definition) is 5. The van der Waals surface area contributed by atoms with Crippen molar-refractivity contribution < 1.29 is 19.2 Å². The number of alkyl halides is 2. The van der Waals surface area contributed by atoms with Gasteiger partial charge in [-0.15, -0.1) is 5.06 Å². The highest BCUT2D eigenvalue weighted by atomic mass is 79.9. The van der Waals surface area contributed by atoms with Crippen molar-refractivity contribution >= 4 is 43.8 Å². The van der Waals surface area contributed by atoms with Gasteiger partial charge in [-0.1, -0.05) is 34.1 Å². The standard InChI is InChI=1S/C14H15Br2NO4/c15-9-12(16)20-14(19)11-7-4-8-17(11)21-13(18)10-5-2-1-3-6-10/h1-3,5-6,11-12H,4,7-9H2/t11-,12-/m0/s1. The van der Waals surface area contributed by atoms with Crippen LogP contribution in [-0.2, 0) is 14.4 Å². The lowest BCUT2D eigenvalue weighted by Gasteiger charge is -2.22. The van der Waals surface area contributed by atoms with Crippen molar-refractivity contribution in [2.75, 3.05) is 11.9 Å². The van der Waals surface area contributed by atoms with Crippen LogP contribution in [0.15, 0.2) is 30.3 Å². The monoisotopic (exact) mass is 419 g/mol. The summed E-state index contributed by atoms with van der Waals surface area (Å²) in [7, 11) is 0. The molecule has 0 aromatic heterocycles. The van der Waals surface area contributed by atoms with Crippen LogP contribution < -0.4 is 0 Å². The predicted octanol–water partition coefficient (Wildman–Crippen LogP) is 2.88. The van der Waals surface area contributed by atoms with Crippen LogP contribution in [0.3, 0.4) is 0 Å². The molecule has 0 unspecified atom stereocenters. The first kappa shape index (κ1) is 16.5. The molecule has 0 radical (unpaired) electrons. The highest BCUT2D eigenvalue weighted by Crippen LogP contribution is 2.21. The molecule has 0 amide bonds. The Bertz CT molecular complexity index is 497. The van der Waals surface area contributed by atoms with Crippen molar-refractivity contribution in [1.29, 1.82) is 0 Å². The van der Waals surface area contributed by atoms with Crippen molar-refractivity contribution in [3.63, 3.8) is 0 Å². The van der Waals surface area contributed by atoms with Gasteiger partial charge in [0.15, 0.2) is 5.01 Å². The molecule has 1 fully saturated rings. The van der Waals surface area contributed by atoms with E-state index >= 15 is 0 Å². The van der Waals surface area contributed by atoms with Gasteiger partial charge in [0.25, 0.3) is 0 Å². The van der Waals surface area contributed by atoms with E-state index in [1.165, 1.54) is 5.06 Å². The van der Waals surface area contributed by atoms with Gasteiger partial charge in [-0.25, -0.2) is 4.79 Å². The van der Waals surface area contributed by atoms with Gasteiger partial charge in [0.05, 0.1) is 10.9 Å². The molecule has 1 heterocycles. The van der Waals surface area contributed by atoms with Gasteiger partial charge < -0.3 is 9.57 Å². The molecular weight excluding hydrogens is 406 g/mol. The molecule has 114 valence electrons. The normalized spacial score (nSPS) is 20.0. The van der Waals surface area contributed by atoms with Crippen molar-refractivity contribution in [2.45, 2.75) is 23.9 Å². The second-order valence-electron chi connectivity index (χ2n) is 4.54. The van der Waals surface area contributed by atoms with Crippen LogP contribution in [0.1, 0.15) is 23.2 Å². The molecule has 1 aliphatic rings. The third-order valence-corrected chi connectivity index (χ3v) is 5.02. The third-order valence-electron chi connectivity index (χ3n) is 3.05. The van der Waals surface area contributed by atoms with Gasteiger partial charge in [0.1, 0.15) is 6.04 Å². The van der Waals surface area contributed by atoms with Gasteiger partial charge in [0.2, 0.25) is 0 Å². The number of ether oxygens (including phenoxy) is 1. The zero-order valence-electron chi connectivity index (χ0n) is 11.2. The summed E-state index contributed by atoms with van der Waals surface area (Å²) in [6.45, 7) is 0.527. The van der Waals surface area contributed by atoms with E-state index in [9.17, 15) is 9.59 Å². The van der Waals surface area contributed by atoms with E-state index < -0.39 is 23.0 Å². The number of esters is 1. The SMILES string of the molecule is O=C(ON1CCC[C@H]1C(=O)O[C@H](Br)CBr)c1ccccc1.